The molecule has 1 saturated carbocycles. The maximum absolute atomic E-state index is 14.0. The van der Waals surface area contributed by atoms with Crippen LogP contribution in [0.5, 0.6) is 0 Å². The number of rotatable bonds is 6. The Morgan fingerprint density at radius 2 is 1.68 bits per heavy atom. The number of aromatic nitrogens is 2. The van der Waals surface area contributed by atoms with E-state index in [-0.39, 0.29) is 50.6 Å². The summed E-state index contributed by atoms with van der Waals surface area (Å²) in [5.41, 5.74) is -1.61. The monoisotopic (exact) mass is 503 g/mol. The van der Waals surface area contributed by atoms with Gasteiger partial charge in [-0.2, -0.15) is 4.31 Å². The van der Waals surface area contributed by atoms with Gasteiger partial charge in [-0.15, -0.1) is 0 Å². The number of benzene rings is 1. The van der Waals surface area contributed by atoms with Crippen LogP contribution in [0.2, 0.25) is 0 Å². The van der Waals surface area contributed by atoms with Gasteiger partial charge in [0.15, 0.2) is 5.03 Å². The second-order valence-corrected chi connectivity index (χ2v) is 10.6. The van der Waals surface area contributed by atoms with Gasteiger partial charge in [0.05, 0.1) is 12.5 Å². The van der Waals surface area contributed by atoms with Crippen molar-refractivity contribution in [1.82, 2.24) is 24.5 Å². The molecule has 1 amide bonds. The number of carbonyl (C=O) groups excluding carboxylic acids is 1. The fraction of sp³-hybridized carbons (Fsp3) is 0.524. The molecule has 13 heteroatoms. The van der Waals surface area contributed by atoms with Crippen molar-refractivity contribution in [3.05, 3.63) is 47.9 Å². The molecule has 8 nitrogen and oxygen atoms in total. The van der Waals surface area contributed by atoms with Crippen LogP contribution in [-0.4, -0.2) is 77.7 Å². The predicted molar refractivity (Wildman–Crippen MR) is 114 cm³/mol. The Morgan fingerprint density at radius 3 is 2.24 bits per heavy atom. The van der Waals surface area contributed by atoms with Gasteiger partial charge in [-0.25, -0.2) is 31.0 Å². The maximum Gasteiger partial charge on any atom is 0.260 e. The highest BCUT2D eigenvalue weighted by molar-refractivity contribution is 7.89. The van der Waals surface area contributed by atoms with Gasteiger partial charge < -0.3 is 10.3 Å². The zero-order valence-corrected chi connectivity index (χ0v) is 19.1. The lowest BCUT2D eigenvalue weighted by Gasteiger charge is -2.50. The number of amides is 1. The normalized spacial score (nSPS) is 21.3. The quantitative estimate of drug-likeness (QED) is 0.590. The Hall–Kier alpha value is -2.51. The third-order valence-corrected chi connectivity index (χ3v) is 8.50. The van der Waals surface area contributed by atoms with Crippen molar-refractivity contribution in [3.8, 4) is 0 Å². The fourth-order valence-electron chi connectivity index (χ4n) is 4.66. The largest absolute Gasteiger partial charge is 0.350 e. The molecule has 186 valence electrons. The van der Waals surface area contributed by atoms with Crippen LogP contribution in [0.15, 0.2) is 35.7 Å². The molecule has 2 N–H and O–H groups in total. The lowest BCUT2D eigenvalue weighted by Crippen LogP contribution is -2.63. The predicted octanol–water partition coefficient (Wildman–Crippen LogP) is 2.37. The average molecular weight is 504 g/mol. The molecule has 0 radical (unpaired) electrons. The third-order valence-electron chi connectivity index (χ3n) is 6.68. The molecule has 2 aliphatic rings. The second-order valence-electron chi connectivity index (χ2n) is 8.67. The molecule has 1 aliphatic heterocycles. The topological polar surface area (TPSA) is 98.4 Å². The summed E-state index contributed by atoms with van der Waals surface area (Å²) in [6.45, 7) is 0.652. The minimum absolute atomic E-state index is 0.0350. The van der Waals surface area contributed by atoms with E-state index in [1.165, 1.54) is 16.8 Å². The molecule has 1 aromatic heterocycles. The molecule has 2 aromatic rings. The molecular weight excluding hydrogens is 478 g/mol. The zero-order chi connectivity index (χ0) is 24.6. The summed E-state index contributed by atoms with van der Waals surface area (Å²) in [4.78, 5) is 20.8. The number of nitrogens with zero attached hydrogens (tertiary/aromatic N) is 3. The fourth-order valence-corrected chi connectivity index (χ4v) is 5.98. The number of carbonyl (C=O) groups is 1. The van der Waals surface area contributed by atoms with E-state index < -0.39 is 57.4 Å². The number of nitrogens with one attached hydrogen (secondary N) is 2. The van der Waals surface area contributed by atoms with E-state index in [1.54, 1.807) is 0 Å². The van der Waals surface area contributed by atoms with Gasteiger partial charge in [-0.05, 0) is 25.0 Å². The van der Waals surface area contributed by atoms with E-state index >= 15 is 0 Å². The molecule has 4 rings (SSSR count). The first-order valence-corrected chi connectivity index (χ1v) is 12.3. The summed E-state index contributed by atoms with van der Waals surface area (Å²) in [6.07, 6.45) is 1.78. The Morgan fingerprint density at radius 1 is 1.06 bits per heavy atom. The SMILES string of the molecule is O=C(NCC1(N2CCN(S(=O)(=O)c3cnc[nH]3)CC2)CCC(F)(F)CC1)c1c(F)cccc1F. The van der Waals surface area contributed by atoms with Crippen LogP contribution >= 0.6 is 0 Å². The van der Waals surface area contributed by atoms with E-state index in [0.29, 0.717) is 0 Å². The molecule has 0 unspecified atom stereocenters. The van der Waals surface area contributed by atoms with Crippen LogP contribution in [-0.2, 0) is 10.0 Å². The smallest absolute Gasteiger partial charge is 0.260 e. The first-order chi connectivity index (χ1) is 16.0. The number of alkyl halides is 2. The number of halogens is 4. The molecule has 34 heavy (non-hydrogen) atoms. The van der Waals surface area contributed by atoms with Crippen LogP contribution in [0, 0.1) is 11.6 Å². The average Bonchev–Trinajstić information content (AvgIpc) is 3.35. The minimum Gasteiger partial charge on any atom is -0.350 e. The van der Waals surface area contributed by atoms with Crippen molar-refractivity contribution in [1.29, 1.82) is 0 Å². The number of imidazole rings is 1. The van der Waals surface area contributed by atoms with Gasteiger partial charge in [-0.3, -0.25) is 9.69 Å². The summed E-state index contributed by atoms with van der Waals surface area (Å²) in [5.74, 6) is -5.83. The van der Waals surface area contributed by atoms with Crippen LogP contribution in [0.25, 0.3) is 0 Å². The third kappa shape index (κ3) is 4.82. The van der Waals surface area contributed by atoms with Crippen molar-refractivity contribution in [2.24, 2.45) is 0 Å². The highest BCUT2D eigenvalue weighted by atomic mass is 32.2. The zero-order valence-electron chi connectivity index (χ0n) is 18.2. The second kappa shape index (κ2) is 9.27. The molecule has 0 spiro atoms. The first kappa shape index (κ1) is 24.6. The molecule has 0 atom stereocenters. The minimum atomic E-state index is -3.77. The number of piperazine rings is 1. The van der Waals surface area contributed by atoms with Crippen molar-refractivity contribution in [2.45, 2.75) is 42.2 Å². The van der Waals surface area contributed by atoms with Gasteiger partial charge in [0, 0.05) is 51.1 Å². The summed E-state index contributed by atoms with van der Waals surface area (Å²) in [7, 11) is -3.77. The summed E-state index contributed by atoms with van der Waals surface area (Å²) < 4.78 is 82.7. The number of H-pyrrole nitrogens is 1. The highest BCUT2D eigenvalue weighted by Gasteiger charge is 2.48. The van der Waals surface area contributed by atoms with E-state index in [2.05, 4.69) is 15.3 Å². The van der Waals surface area contributed by atoms with Crippen LogP contribution in [0.4, 0.5) is 17.6 Å². The van der Waals surface area contributed by atoms with Crippen LogP contribution < -0.4 is 5.32 Å². The molecule has 1 aliphatic carbocycles. The molecular formula is C21H25F4N5O3S. The highest BCUT2D eigenvalue weighted by Crippen LogP contribution is 2.42. The van der Waals surface area contributed by atoms with E-state index in [4.69, 9.17) is 0 Å². The molecule has 2 fully saturated rings. The molecule has 1 aromatic carbocycles. The van der Waals surface area contributed by atoms with Gasteiger partial charge in [0.1, 0.15) is 17.2 Å². The maximum atomic E-state index is 14.0. The standard InChI is InChI=1S/C21H25F4N5O3S/c22-15-2-1-3-16(23)18(15)19(31)27-13-20(4-6-21(24,25)7-5-20)29-8-10-30(11-9-29)34(32,33)17-12-26-14-28-17/h1-3,12,14H,4-11,13H2,(H,26,28)(H,27,31). The number of hydrogen-bond donors (Lipinski definition) is 2. The van der Waals surface area contributed by atoms with Crippen LogP contribution in [0.1, 0.15) is 36.0 Å². The summed E-state index contributed by atoms with van der Waals surface area (Å²) in [5, 5.41) is 2.49. The van der Waals surface area contributed by atoms with Crippen molar-refractivity contribution in [3.63, 3.8) is 0 Å². The van der Waals surface area contributed by atoms with E-state index in [0.717, 1.165) is 18.2 Å². The Balaban J connectivity index is 1.49. The summed E-state index contributed by atoms with van der Waals surface area (Å²) in [6, 6.07) is 3.07. The lowest BCUT2D eigenvalue weighted by atomic mass is 9.78. The first-order valence-electron chi connectivity index (χ1n) is 10.9. The summed E-state index contributed by atoms with van der Waals surface area (Å²) >= 11 is 0. The van der Waals surface area contributed by atoms with Gasteiger partial charge in [0.2, 0.25) is 5.92 Å². The number of aromatic amines is 1. The Kier molecular flexibility index (Phi) is 6.71. The van der Waals surface area contributed by atoms with Crippen LogP contribution in [0.3, 0.4) is 0 Å². The van der Waals surface area contributed by atoms with Crippen molar-refractivity contribution >= 4 is 15.9 Å². The van der Waals surface area contributed by atoms with Gasteiger partial charge in [0.25, 0.3) is 15.9 Å². The van der Waals surface area contributed by atoms with Crippen molar-refractivity contribution < 1.29 is 30.8 Å². The van der Waals surface area contributed by atoms with Gasteiger partial charge >= 0.3 is 0 Å². The van der Waals surface area contributed by atoms with Crippen molar-refractivity contribution in [2.75, 3.05) is 32.7 Å². The molecule has 2 heterocycles. The number of sulfonamides is 1. The molecule has 1 saturated heterocycles. The number of hydrogen-bond acceptors (Lipinski definition) is 5. The lowest BCUT2D eigenvalue weighted by molar-refractivity contribution is -0.0856. The van der Waals surface area contributed by atoms with Gasteiger partial charge in [-0.1, -0.05) is 6.07 Å². The van der Waals surface area contributed by atoms with E-state index in [9.17, 15) is 30.8 Å². The Bertz CT molecular complexity index is 1110. The molecule has 0 bridgehead atoms. The Labute approximate surface area is 194 Å². The van der Waals surface area contributed by atoms with E-state index in [1.807, 2.05) is 4.90 Å².